The van der Waals surface area contributed by atoms with Crippen LogP contribution in [0.1, 0.15) is 16.1 Å². The lowest BCUT2D eigenvalue weighted by atomic mass is 10.1. The zero-order valence-electron chi connectivity index (χ0n) is 13.0. The maximum Gasteiger partial charge on any atom is 0.261 e. The number of carbonyl (C=O) groups is 1. The van der Waals surface area contributed by atoms with E-state index in [1.54, 1.807) is 31.2 Å². The first-order valence-corrected chi connectivity index (χ1v) is 9.05. The molecule has 1 aromatic heterocycles. The van der Waals surface area contributed by atoms with Crippen molar-refractivity contribution in [3.8, 4) is 11.3 Å². The van der Waals surface area contributed by atoms with Crippen LogP contribution < -0.4 is 5.32 Å². The second-order valence-corrected chi connectivity index (χ2v) is 7.21. The van der Waals surface area contributed by atoms with Gasteiger partial charge < -0.3 is 9.84 Å². The monoisotopic (exact) mass is 448 g/mol. The van der Waals surface area contributed by atoms with Crippen molar-refractivity contribution in [2.24, 2.45) is 0 Å². The maximum atomic E-state index is 12.8. The predicted molar refractivity (Wildman–Crippen MR) is 106 cm³/mol. The van der Waals surface area contributed by atoms with Gasteiger partial charge in [0.1, 0.15) is 17.0 Å². The molecule has 1 N–H and O–H groups in total. The summed E-state index contributed by atoms with van der Waals surface area (Å²) in [5, 5.41) is 7.83. The van der Waals surface area contributed by atoms with E-state index in [2.05, 4.69) is 10.5 Å². The van der Waals surface area contributed by atoms with Gasteiger partial charge in [-0.3, -0.25) is 4.79 Å². The molecule has 0 unspecified atom stereocenters. The Balaban J connectivity index is 2.05. The van der Waals surface area contributed by atoms with Crippen LogP contribution in [-0.4, -0.2) is 11.1 Å². The van der Waals surface area contributed by atoms with Gasteiger partial charge in [-0.05, 0) is 31.2 Å². The molecule has 0 atom stereocenters. The van der Waals surface area contributed by atoms with Gasteiger partial charge in [-0.2, -0.15) is 0 Å². The molecule has 0 spiro atoms. The first-order valence-electron chi connectivity index (χ1n) is 7.16. The number of aromatic nitrogens is 1. The van der Waals surface area contributed by atoms with Crippen LogP contribution in [0.25, 0.3) is 11.3 Å². The maximum absolute atomic E-state index is 12.8. The summed E-state index contributed by atoms with van der Waals surface area (Å²) in [5.41, 5.74) is 1.11. The Kier molecular flexibility index (Phi) is 5.70. The fraction of sp³-hybridized carbons (Fsp3) is 0.0588. The Morgan fingerprint density at radius 3 is 2.27 bits per heavy atom. The molecule has 26 heavy (non-hydrogen) atoms. The van der Waals surface area contributed by atoms with E-state index in [0.717, 1.165) is 0 Å². The molecule has 0 saturated carbocycles. The Morgan fingerprint density at radius 2 is 1.62 bits per heavy atom. The molecule has 0 aliphatic heterocycles. The highest BCUT2D eigenvalue weighted by Gasteiger charge is 2.25. The van der Waals surface area contributed by atoms with E-state index in [0.29, 0.717) is 27.1 Å². The molecular formula is C17H9Cl5N2O2. The van der Waals surface area contributed by atoms with Gasteiger partial charge in [0.2, 0.25) is 0 Å². The van der Waals surface area contributed by atoms with Crippen molar-refractivity contribution >= 4 is 69.6 Å². The van der Waals surface area contributed by atoms with Crippen LogP contribution in [0.4, 0.5) is 5.69 Å². The summed E-state index contributed by atoms with van der Waals surface area (Å²) in [5.74, 6) is -0.209. The van der Waals surface area contributed by atoms with E-state index < -0.39 is 5.91 Å². The molecule has 0 radical (unpaired) electrons. The Morgan fingerprint density at radius 1 is 0.962 bits per heavy atom. The predicted octanol–water partition coefficient (Wildman–Crippen LogP) is 7.17. The van der Waals surface area contributed by atoms with Gasteiger partial charge in [-0.15, -0.1) is 0 Å². The molecule has 3 aromatic rings. The first kappa shape index (κ1) is 19.3. The van der Waals surface area contributed by atoms with Crippen molar-refractivity contribution in [3.63, 3.8) is 0 Å². The summed E-state index contributed by atoms with van der Waals surface area (Å²) in [6, 6.07) is 8.04. The van der Waals surface area contributed by atoms with E-state index in [1.165, 1.54) is 6.07 Å². The molecule has 2 aromatic carbocycles. The number of amides is 1. The van der Waals surface area contributed by atoms with Crippen LogP contribution in [0.15, 0.2) is 34.9 Å². The molecule has 4 nitrogen and oxygen atoms in total. The van der Waals surface area contributed by atoms with Gasteiger partial charge in [0, 0.05) is 5.56 Å². The van der Waals surface area contributed by atoms with E-state index in [1.807, 2.05) is 0 Å². The molecule has 1 amide bonds. The fourth-order valence-electron chi connectivity index (χ4n) is 2.34. The average molecular weight is 451 g/mol. The molecule has 1 heterocycles. The quantitative estimate of drug-likeness (QED) is 0.430. The Labute approximate surface area is 173 Å². The van der Waals surface area contributed by atoms with E-state index >= 15 is 0 Å². The third-order valence-electron chi connectivity index (χ3n) is 3.57. The Hall–Kier alpha value is -1.43. The minimum Gasteiger partial charge on any atom is -0.360 e. The van der Waals surface area contributed by atoms with Crippen molar-refractivity contribution in [2.45, 2.75) is 6.92 Å². The van der Waals surface area contributed by atoms with E-state index in [9.17, 15) is 4.79 Å². The Bertz CT molecular complexity index is 996. The molecule has 0 saturated heterocycles. The van der Waals surface area contributed by atoms with Gasteiger partial charge in [0.25, 0.3) is 5.91 Å². The third-order valence-corrected chi connectivity index (χ3v) is 5.50. The average Bonchev–Trinajstić information content (AvgIpc) is 2.96. The molecule has 3 rings (SSSR count). The summed E-state index contributed by atoms with van der Waals surface area (Å²) in [7, 11) is 0. The lowest BCUT2D eigenvalue weighted by Crippen LogP contribution is -2.14. The van der Waals surface area contributed by atoms with Crippen LogP contribution in [-0.2, 0) is 0 Å². The van der Waals surface area contributed by atoms with Crippen LogP contribution in [0, 0.1) is 6.92 Å². The highest BCUT2D eigenvalue weighted by Crippen LogP contribution is 2.38. The molecule has 9 heteroatoms. The number of hydrogen-bond donors (Lipinski definition) is 1. The van der Waals surface area contributed by atoms with Crippen molar-refractivity contribution in [3.05, 3.63) is 66.8 Å². The minimum absolute atomic E-state index is 0.124. The summed E-state index contributed by atoms with van der Waals surface area (Å²) in [6.45, 7) is 1.60. The second-order valence-electron chi connectivity index (χ2n) is 5.24. The van der Waals surface area contributed by atoms with Crippen molar-refractivity contribution in [2.75, 3.05) is 5.32 Å². The van der Waals surface area contributed by atoms with E-state index in [4.69, 9.17) is 62.5 Å². The van der Waals surface area contributed by atoms with Gasteiger partial charge in [-0.25, -0.2) is 0 Å². The summed E-state index contributed by atoms with van der Waals surface area (Å²) in [6.07, 6.45) is 0. The SMILES string of the molecule is Cc1onc(-c2c(Cl)cccc2Cl)c1C(=O)Nc1ccc(Cl)c(Cl)c1Cl. The zero-order valence-corrected chi connectivity index (χ0v) is 16.8. The summed E-state index contributed by atoms with van der Waals surface area (Å²) < 4.78 is 5.18. The second kappa shape index (κ2) is 7.67. The molecule has 0 aliphatic carbocycles. The third kappa shape index (κ3) is 3.53. The largest absolute Gasteiger partial charge is 0.360 e. The van der Waals surface area contributed by atoms with Gasteiger partial charge >= 0.3 is 0 Å². The molecule has 134 valence electrons. The number of aryl methyl sites for hydroxylation is 1. The molecule has 0 aliphatic rings. The number of benzene rings is 2. The van der Waals surface area contributed by atoms with Gasteiger partial charge in [0.15, 0.2) is 0 Å². The number of anilines is 1. The topological polar surface area (TPSA) is 55.1 Å². The first-order chi connectivity index (χ1) is 12.3. The molecular weight excluding hydrogens is 441 g/mol. The van der Waals surface area contributed by atoms with Gasteiger partial charge in [-0.1, -0.05) is 69.2 Å². The number of halogens is 5. The highest BCUT2D eigenvalue weighted by molar-refractivity contribution is 6.49. The number of carbonyl (C=O) groups excluding carboxylic acids is 1. The smallest absolute Gasteiger partial charge is 0.261 e. The molecule has 0 fully saturated rings. The minimum atomic E-state index is -0.505. The lowest BCUT2D eigenvalue weighted by Gasteiger charge is -2.10. The van der Waals surface area contributed by atoms with Crippen molar-refractivity contribution < 1.29 is 9.32 Å². The summed E-state index contributed by atoms with van der Waals surface area (Å²) >= 11 is 30.5. The number of nitrogens with zero attached hydrogens (tertiary/aromatic N) is 1. The van der Waals surface area contributed by atoms with Crippen molar-refractivity contribution in [1.29, 1.82) is 0 Å². The molecule has 0 bridgehead atoms. The standard InChI is InChI=1S/C17H9Cl5N2O2/c1-7-12(16(24-26-7)13-8(18)3-2-4-9(13)19)17(25)23-11-6-5-10(20)14(21)15(11)22/h2-6H,1H3,(H,23,25). The van der Waals surface area contributed by atoms with Gasteiger partial charge in [0.05, 0.1) is 30.8 Å². The normalized spacial score (nSPS) is 10.8. The number of nitrogens with one attached hydrogen (secondary N) is 1. The van der Waals surface area contributed by atoms with Crippen LogP contribution >= 0.6 is 58.0 Å². The fourth-order valence-corrected chi connectivity index (χ4v) is 3.50. The summed E-state index contributed by atoms with van der Waals surface area (Å²) in [4.78, 5) is 12.8. The highest BCUT2D eigenvalue weighted by atomic mass is 35.5. The van der Waals surface area contributed by atoms with Crippen LogP contribution in [0.2, 0.25) is 25.1 Å². The number of rotatable bonds is 3. The number of hydrogen-bond acceptors (Lipinski definition) is 3. The van der Waals surface area contributed by atoms with E-state index in [-0.39, 0.29) is 26.3 Å². The van der Waals surface area contributed by atoms with Crippen LogP contribution in [0.3, 0.4) is 0 Å². The zero-order chi connectivity index (χ0) is 19.0. The van der Waals surface area contributed by atoms with Crippen LogP contribution in [0.5, 0.6) is 0 Å². The lowest BCUT2D eigenvalue weighted by molar-refractivity contribution is 0.102. The van der Waals surface area contributed by atoms with Crippen molar-refractivity contribution in [1.82, 2.24) is 5.16 Å².